The van der Waals surface area contributed by atoms with E-state index in [1.807, 2.05) is 38.1 Å². The van der Waals surface area contributed by atoms with Gasteiger partial charge < -0.3 is 10.6 Å². The van der Waals surface area contributed by atoms with E-state index in [1.54, 1.807) is 0 Å². The second-order valence-electron chi connectivity index (χ2n) is 5.37. The maximum Gasteiger partial charge on any atom is 0.237 e. The van der Waals surface area contributed by atoms with Crippen LogP contribution >= 0.6 is 11.6 Å². The number of hydrogen-bond donors (Lipinski definition) is 1. The predicted octanol–water partition coefficient (Wildman–Crippen LogP) is 1.73. The van der Waals surface area contributed by atoms with Gasteiger partial charge in [0.2, 0.25) is 5.91 Å². The minimum Gasteiger partial charge on any atom is -0.369 e. The zero-order valence-electron chi connectivity index (χ0n) is 11.4. The Kier molecular flexibility index (Phi) is 4.02. The molecule has 0 radical (unpaired) electrons. The lowest BCUT2D eigenvalue weighted by atomic mass is 10.0. The number of rotatable bonds is 3. The molecule has 0 atom stereocenters. The predicted molar refractivity (Wildman–Crippen MR) is 78.5 cm³/mol. The fourth-order valence-electron chi connectivity index (χ4n) is 2.33. The van der Waals surface area contributed by atoms with Gasteiger partial charge in [0.05, 0.1) is 5.54 Å². The first-order valence-corrected chi connectivity index (χ1v) is 6.84. The fraction of sp³-hybridized carbons (Fsp3) is 0.500. The molecule has 104 valence electrons. The molecule has 0 bridgehead atoms. The lowest BCUT2D eigenvalue weighted by Crippen LogP contribution is -2.59. The minimum absolute atomic E-state index is 0.271. The van der Waals surface area contributed by atoms with Gasteiger partial charge in [-0.25, -0.2) is 0 Å². The van der Waals surface area contributed by atoms with Crippen LogP contribution in [0.2, 0.25) is 5.02 Å². The molecule has 0 aromatic heterocycles. The lowest BCUT2D eigenvalue weighted by Gasteiger charge is -2.43. The zero-order valence-corrected chi connectivity index (χ0v) is 12.2. The molecule has 2 rings (SSSR count). The van der Waals surface area contributed by atoms with Crippen molar-refractivity contribution in [3.8, 4) is 0 Å². The summed E-state index contributed by atoms with van der Waals surface area (Å²) in [6, 6.07) is 7.85. The summed E-state index contributed by atoms with van der Waals surface area (Å²) >= 11 is 5.89. The van der Waals surface area contributed by atoms with E-state index in [1.165, 1.54) is 5.69 Å². The van der Waals surface area contributed by atoms with Crippen LogP contribution in [0.4, 0.5) is 5.69 Å². The Labute approximate surface area is 119 Å². The highest BCUT2D eigenvalue weighted by atomic mass is 35.5. The van der Waals surface area contributed by atoms with Gasteiger partial charge in [0.1, 0.15) is 0 Å². The Morgan fingerprint density at radius 3 is 2.16 bits per heavy atom. The summed E-state index contributed by atoms with van der Waals surface area (Å²) in [7, 11) is 0. The monoisotopic (exact) mass is 281 g/mol. The number of amides is 1. The molecule has 0 unspecified atom stereocenters. The van der Waals surface area contributed by atoms with Gasteiger partial charge in [-0.3, -0.25) is 9.69 Å². The Bertz CT molecular complexity index is 450. The number of piperazine rings is 1. The maximum atomic E-state index is 11.5. The summed E-state index contributed by atoms with van der Waals surface area (Å²) in [5.74, 6) is -0.271. The van der Waals surface area contributed by atoms with E-state index in [4.69, 9.17) is 17.3 Å². The molecule has 1 heterocycles. The number of benzene rings is 1. The van der Waals surface area contributed by atoms with Gasteiger partial charge in [0.15, 0.2) is 0 Å². The highest BCUT2D eigenvalue weighted by Gasteiger charge is 2.34. The molecule has 1 fully saturated rings. The van der Waals surface area contributed by atoms with Gasteiger partial charge in [-0.05, 0) is 38.1 Å². The average Bonchev–Trinajstić information content (AvgIpc) is 2.39. The van der Waals surface area contributed by atoms with E-state index >= 15 is 0 Å². The molecule has 2 N–H and O–H groups in total. The molecule has 19 heavy (non-hydrogen) atoms. The van der Waals surface area contributed by atoms with Gasteiger partial charge in [-0.1, -0.05) is 11.6 Å². The largest absolute Gasteiger partial charge is 0.369 e. The van der Waals surface area contributed by atoms with E-state index in [0.717, 1.165) is 31.2 Å². The summed E-state index contributed by atoms with van der Waals surface area (Å²) in [4.78, 5) is 15.9. The van der Waals surface area contributed by atoms with Gasteiger partial charge >= 0.3 is 0 Å². The number of carbonyl (C=O) groups is 1. The second-order valence-corrected chi connectivity index (χ2v) is 5.81. The van der Waals surface area contributed by atoms with E-state index < -0.39 is 5.54 Å². The second kappa shape index (κ2) is 5.39. The van der Waals surface area contributed by atoms with E-state index in [-0.39, 0.29) is 5.91 Å². The van der Waals surface area contributed by atoms with Gasteiger partial charge in [0, 0.05) is 36.9 Å². The first kappa shape index (κ1) is 14.2. The van der Waals surface area contributed by atoms with Crippen LogP contribution in [0.5, 0.6) is 0 Å². The molecular weight excluding hydrogens is 262 g/mol. The lowest BCUT2D eigenvalue weighted by molar-refractivity contribution is -0.128. The molecule has 1 aliphatic heterocycles. The van der Waals surface area contributed by atoms with Crippen LogP contribution in [0.25, 0.3) is 0 Å². The standard InChI is InChI=1S/C14H20ClN3O/c1-14(2,13(16)19)18-9-7-17(8-10-18)12-5-3-11(15)4-6-12/h3-6H,7-10H2,1-2H3,(H2,16,19). The van der Waals surface area contributed by atoms with E-state index in [9.17, 15) is 4.79 Å². The summed E-state index contributed by atoms with van der Waals surface area (Å²) < 4.78 is 0. The molecule has 5 heteroatoms. The van der Waals surface area contributed by atoms with Crippen LogP contribution in [-0.2, 0) is 4.79 Å². The van der Waals surface area contributed by atoms with Crippen molar-refractivity contribution in [1.29, 1.82) is 0 Å². The SMILES string of the molecule is CC(C)(C(N)=O)N1CCN(c2ccc(Cl)cc2)CC1. The zero-order chi connectivity index (χ0) is 14.0. The summed E-state index contributed by atoms with van der Waals surface area (Å²) in [5, 5.41) is 0.747. The quantitative estimate of drug-likeness (QED) is 0.918. The van der Waals surface area contributed by atoms with Crippen LogP contribution in [0, 0.1) is 0 Å². The number of halogens is 1. The third kappa shape index (κ3) is 3.01. The molecule has 4 nitrogen and oxygen atoms in total. The smallest absolute Gasteiger partial charge is 0.237 e. The van der Waals surface area contributed by atoms with Crippen LogP contribution in [0.3, 0.4) is 0 Å². The molecule has 0 saturated carbocycles. The van der Waals surface area contributed by atoms with Gasteiger partial charge in [-0.15, -0.1) is 0 Å². The third-order valence-electron chi connectivity index (χ3n) is 3.87. The number of nitrogens with zero attached hydrogens (tertiary/aromatic N) is 2. The highest BCUT2D eigenvalue weighted by Crippen LogP contribution is 2.22. The summed E-state index contributed by atoms with van der Waals surface area (Å²) in [6.07, 6.45) is 0. The van der Waals surface area contributed by atoms with E-state index in [2.05, 4.69) is 9.80 Å². The molecule has 0 spiro atoms. The van der Waals surface area contributed by atoms with Crippen molar-refractivity contribution >= 4 is 23.2 Å². The van der Waals surface area contributed by atoms with Crippen molar-refractivity contribution in [2.24, 2.45) is 5.73 Å². The molecule has 0 aliphatic carbocycles. The van der Waals surface area contributed by atoms with Crippen molar-refractivity contribution in [3.05, 3.63) is 29.3 Å². The molecular formula is C14H20ClN3O. The van der Waals surface area contributed by atoms with Crippen LogP contribution in [0.1, 0.15) is 13.8 Å². The number of hydrogen-bond acceptors (Lipinski definition) is 3. The minimum atomic E-state index is -0.577. The molecule has 1 aromatic carbocycles. The highest BCUT2D eigenvalue weighted by molar-refractivity contribution is 6.30. The number of primary amides is 1. The van der Waals surface area contributed by atoms with Crippen LogP contribution in [-0.4, -0.2) is 42.5 Å². The van der Waals surface area contributed by atoms with Crippen molar-refractivity contribution in [1.82, 2.24) is 4.90 Å². The number of anilines is 1. The van der Waals surface area contributed by atoms with Crippen molar-refractivity contribution < 1.29 is 4.79 Å². The van der Waals surface area contributed by atoms with E-state index in [0.29, 0.717) is 0 Å². The van der Waals surface area contributed by atoms with Crippen molar-refractivity contribution in [3.63, 3.8) is 0 Å². The van der Waals surface area contributed by atoms with Crippen molar-refractivity contribution in [2.45, 2.75) is 19.4 Å². The first-order chi connectivity index (χ1) is 8.91. The molecule has 1 aliphatic rings. The average molecular weight is 282 g/mol. The Balaban J connectivity index is 1.99. The number of carbonyl (C=O) groups excluding carboxylic acids is 1. The topological polar surface area (TPSA) is 49.6 Å². The molecule has 1 saturated heterocycles. The van der Waals surface area contributed by atoms with Gasteiger partial charge in [-0.2, -0.15) is 0 Å². The molecule has 1 aromatic rings. The third-order valence-corrected chi connectivity index (χ3v) is 4.12. The fourth-order valence-corrected chi connectivity index (χ4v) is 2.46. The molecule has 1 amide bonds. The van der Waals surface area contributed by atoms with Crippen LogP contribution < -0.4 is 10.6 Å². The Morgan fingerprint density at radius 2 is 1.68 bits per heavy atom. The van der Waals surface area contributed by atoms with Gasteiger partial charge in [0.25, 0.3) is 0 Å². The summed E-state index contributed by atoms with van der Waals surface area (Å²) in [6.45, 7) is 7.20. The van der Waals surface area contributed by atoms with Crippen LogP contribution in [0.15, 0.2) is 24.3 Å². The normalized spacial score (nSPS) is 17.5. The number of nitrogens with two attached hydrogens (primary N) is 1. The Hall–Kier alpha value is -1.26. The van der Waals surface area contributed by atoms with Crippen molar-refractivity contribution in [2.75, 3.05) is 31.1 Å². The maximum absolute atomic E-state index is 11.5. The summed E-state index contributed by atoms with van der Waals surface area (Å²) in [5.41, 5.74) is 6.04. The first-order valence-electron chi connectivity index (χ1n) is 6.47. The Morgan fingerprint density at radius 1 is 1.16 bits per heavy atom.